The van der Waals surface area contributed by atoms with Gasteiger partial charge in [0.15, 0.2) is 6.29 Å². The number of halogens is 9. The highest BCUT2D eigenvalue weighted by molar-refractivity contribution is 4.87. The van der Waals surface area contributed by atoms with Gasteiger partial charge < -0.3 is 14.6 Å². The van der Waals surface area contributed by atoms with Gasteiger partial charge in [-0.15, -0.1) is 0 Å². The van der Waals surface area contributed by atoms with E-state index in [2.05, 4.69) is 0 Å². The van der Waals surface area contributed by atoms with Gasteiger partial charge >= 0.3 is 12.1 Å². The summed E-state index contributed by atoms with van der Waals surface area (Å²) in [6, 6.07) is 0. The fraction of sp³-hybridized carbons (Fsp3) is 1.00. The smallest absolute Gasteiger partial charge is 0.391 e. The van der Waals surface area contributed by atoms with Gasteiger partial charge in [0.05, 0.1) is 32.2 Å². The molecule has 0 aromatic rings. The van der Waals surface area contributed by atoms with E-state index in [4.69, 9.17) is 14.6 Å². The third-order valence-corrected chi connectivity index (χ3v) is 3.21. The summed E-state index contributed by atoms with van der Waals surface area (Å²) >= 11 is 0. The molecule has 1 N–H and O–H groups in total. The van der Waals surface area contributed by atoms with Crippen molar-refractivity contribution >= 4 is 0 Å². The van der Waals surface area contributed by atoms with E-state index < -0.39 is 68.6 Å². The molecule has 2 unspecified atom stereocenters. The summed E-state index contributed by atoms with van der Waals surface area (Å²) in [5, 5.41) is 8.68. The first kappa shape index (κ1) is 21.3. The SMILES string of the molecule is OCC1OCC(CCC(F)(F)CC(F)(F)CC(F)(F)C(F)(F)F)O1. The topological polar surface area (TPSA) is 38.7 Å². The molecule has 3 nitrogen and oxygen atoms in total. The lowest BCUT2D eigenvalue weighted by atomic mass is 9.98. The van der Waals surface area contributed by atoms with Crippen LogP contribution < -0.4 is 0 Å². The maximum Gasteiger partial charge on any atom is 0.453 e. The summed E-state index contributed by atoms with van der Waals surface area (Å²) in [4.78, 5) is 0. The molecule has 0 radical (unpaired) electrons. The summed E-state index contributed by atoms with van der Waals surface area (Å²) < 4.78 is 124. The van der Waals surface area contributed by atoms with Crippen LogP contribution in [0.4, 0.5) is 39.5 Å². The molecule has 0 aromatic carbocycles. The first-order valence-corrected chi connectivity index (χ1v) is 6.76. The highest BCUT2D eigenvalue weighted by Crippen LogP contribution is 2.46. The Balaban J connectivity index is 2.55. The minimum Gasteiger partial charge on any atom is -0.391 e. The predicted molar refractivity (Wildman–Crippen MR) is 61.1 cm³/mol. The van der Waals surface area contributed by atoms with Crippen molar-refractivity contribution in [2.75, 3.05) is 13.2 Å². The van der Waals surface area contributed by atoms with Crippen LogP contribution in [-0.4, -0.2) is 54.7 Å². The summed E-state index contributed by atoms with van der Waals surface area (Å²) in [5.74, 6) is -14.9. The Labute approximate surface area is 130 Å². The van der Waals surface area contributed by atoms with E-state index >= 15 is 0 Å². The lowest BCUT2D eigenvalue weighted by Gasteiger charge is -2.28. The average molecular weight is 378 g/mol. The van der Waals surface area contributed by atoms with Gasteiger partial charge in [0.2, 0.25) is 0 Å². The fourth-order valence-electron chi connectivity index (χ4n) is 2.08. The quantitative estimate of drug-likeness (QED) is 0.654. The standard InChI is InChI=1S/C12H15F9O3/c13-9(14,2-1-7-4-23-8(3-22)24-7)5-10(15,16)6-11(17,18)12(19,20)21/h7-8,22H,1-6H2. The highest BCUT2D eigenvalue weighted by Gasteiger charge is 2.62. The third kappa shape index (κ3) is 6.28. The number of rotatable bonds is 8. The minimum atomic E-state index is -6.25. The van der Waals surface area contributed by atoms with Crippen LogP contribution in [0.5, 0.6) is 0 Å². The van der Waals surface area contributed by atoms with E-state index in [0.29, 0.717) is 0 Å². The molecule has 1 aliphatic heterocycles. The van der Waals surface area contributed by atoms with Crippen LogP contribution in [0.3, 0.4) is 0 Å². The molecule has 1 rings (SSSR count). The van der Waals surface area contributed by atoms with Crippen LogP contribution in [0.1, 0.15) is 25.7 Å². The lowest BCUT2D eigenvalue weighted by molar-refractivity contribution is -0.304. The van der Waals surface area contributed by atoms with Crippen LogP contribution in [0, 0.1) is 0 Å². The van der Waals surface area contributed by atoms with Crippen LogP contribution >= 0.6 is 0 Å². The van der Waals surface area contributed by atoms with Crippen molar-refractivity contribution in [1.82, 2.24) is 0 Å². The molecule has 0 bridgehead atoms. The van der Waals surface area contributed by atoms with Gasteiger partial charge in [-0.05, 0) is 6.42 Å². The summed E-state index contributed by atoms with van der Waals surface area (Å²) in [6.07, 6.45) is -15.4. The number of ether oxygens (including phenoxy) is 2. The second kappa shape index (κ2) is 7.24. The first-order chi connectivity index (χ1) is 10.7. The Bertz CT molecular complexity index is 411. The first-order valence-electron chi connectivity index (χ1n) is 6.76. The zero-order valence-corrected chi connectivity index (χ0v) is 12.1. The van der Waals surface area contributed by atoms with E-state index in [9.17, 15) is 39.5 Å². The second-order valence-corrected chi connectivity index (χ2v) is 5.51. The Morgan fingerprint density at radius 1 is 0.875 bits per heavy atom. The molecule has 0 amide bonds. The number of hydrogen-bond donors (Lipinski definition) is 1. The fourth-order valence-corrected chi connectivity index (χ4v) is 2.08. The van der Waals surface area contributed by atoms with Crippen molar-refractivity contribution in [1.29, 1.82) is 0 Å². The molecule has 0 aromatic heterocycles. The van der Waals surface area contributed by atoms with E-state index in [1.54, 1.807) is 0 Å². The monoisotopic (exact) mass is 378 g/mol. The number of aliphatic hydroxyl groups excluding tert-OH is 1. The highest BCUT2D eigenvalue weighted by atomic mass is 19.4. The Morgan fingerprint density at radius 3 is 1.92 bits per heavy atom. The molecule has 1 heterocycles. The zero-order chi connectivity index (χ0) is 18.8. The second-order valence-electron chi connectivity index (χ2n) is 5.51. The lowest BCUT2D eigenvalue weighted by Crippen LogP contribution is -2.43. The molecule has 144 valence electrons. The van der Waals surface area contributed by atoms with Crippen molar-refractivity contribution < 1.29 is 54.1 Å². The summed E-state index contributed by atoms with van der Waals surface area (Å²) in [7, 11) is 0. The molecule has 1 fully saturated rings. The molecule has 24 heavy (non-hydrogen) atoms. The maximum atomic E-state index is 13.5. The molecule has 2 atom stereocenters. The van der Waals surface area contributed by atoms with E-state index in [0.717, 1.165) is 0 Å². The minimum absolute atomic E-state index is 0.177. The molecule has 12 heteroatoms. The third-order valence-electron chi connectivity index (χ3n) is 3.21. The van der Waals surface area contributed by atoms with Gasteiger partial charge in [-0.25, -0.2) is 17.6 Å². The maximum absolute atomic E-state index is 13.5. The van der Waals surface area contributed by atoms with Crippen LogP contribution in [0.25, 0.3) is 0 Å². The average Bonchev–Trinajstić information content (AvgIpc) is 2.80. The van der Waals surface area contributed by atoms with Crippen LogP contribution in [-0.2, 0) is 9.47 Å². The molecule has 0 spiro atoms. The largest absolute Gasteiger partial charge is 0.453 e. The molecule has 1 saturated heterocycles. The Kier molecular flexibility index (Phi) is 6.42. The van der Waals surface area contributed by atoms with Crippen molar-refractivity contribution in [2.45, 2.75) is 62.0 Å². The van der Waals surface area contributed by atoms with Gasteiger partial charge in [0.1, 0.15) is 0 Å². The normalized spacial score (nSPS) is 23.8. The Hall–Kier alpha value is -0.750. The molecule has 0 aliphatic carbocycles. The number of alkyl halides is 9. The van der Waals surface area contributed by atoms with Crippen molar-refractivity contribution in [3.05, 3.63) is 0 Å². The van der Waals surface area contributed by atoms with Gasteiger partial charge in [-0.2, -0.15) is 22.0 Å². The van der Waals surface area contributed by atoms with Crippen molar-refractivity contribution in [2.24, 2.45) is 0 Å². The molecule has 1 aliphatic rings. The van der Waals surface area contributed by atoms with Crippen LogP contribution in [0.2, 0.25) is 0 Å². The van der Waals surface area contributed by atoms with E-state index in [1.165, 1.54) is 0 Å². The summed E-state index contributed by atoms with van der Waals surface area (Å²) in [5.41, 5.74) is 0. The Morgan fingerprint density at radius 2 is 1.46 bits per heavy atom. The number of hydrogen-bond acceptors (Lipinski definition) is 3. The van der Waals surface area contributed by atoms with Gasteiger partial charge in [0, 0.05) is 6.42 Å². The van der Waals surface area contributed by atoms with Gasteiger partial charge in [-0.1, -0.05) is 0 Å². The van der Waals surface area contributed by atoms with Gasteiger partial charge in [0.25, 0.3) is 11.8 Å². The molecular weight excluding hydrogens is 363 g/mol. The summed E-state index contributed by atoms with van der Waals surface area (Å²) in [6.45, 7) is -0.721. The molecular formula is C12H15F9O3. The van der Waals surface area contributed by atoms with Crippen LogP contribution in [0.15, 0.2) is 0 Å². The number of aliphatic hydroxyl groups is 1. The van der Waals surface area contributed by atoms with Crippen molar-refractivity contribution in [3.63, 3.8) is 0 Å². The zero-order valence-electron chi connectivity index (χ0n) is 12.1. The van der Waals surface area contributed by atoms with Gasteiger partial charge in [-0.3, -0.25) is 0 Å². The van der Waals surface area contributed by atoms with E-state index in [1.807, 2.05) is 0 Å². The predicted octanol–water partition coefficient (Wildman–Crippen LogP) is 3.75. The van der Waals surface area contributed by atoms with Crippen molar-refractivity contribution in [3.8, 4) is 0 Å². The van der Waals surface area contributed by atoms with E-state index in [-0.39, 0.29) is 6.61 Å². The molecule has 0 saturated carbocycles.